The quantitative estimate of drug-likeness (QED) is 0.378. The van der Waals surface area contributed by atoms with Gasteiger partial charge in [0.2, 0.25) is 11.8 Å². The van der Waals surface area contributed by atoms with E-state index in [1.165, 1.54) is 17.0 Å². The van der Waals surface area contributed by atoms with E-state index in [0.29, 0.717) is 34.8 Å². The standard InChI is InChI=1S/C28H32ClN3O4S/c1-4-25(28(34)30-5-2)31(19-22-14-10-11-17-24(22)29)27(33)20-32(26-18-12-9-13-21(26)3)37(35,36)23-15-7-6-8-16-23/h6-18,25H,4-5,19-20H2,1-3H3,(H,30,34). The molecule has 1 atom stereocenters. The fourth-order valence-corrected chi connectivity index (χ4v) is 5.79. The van der Waals surface area contributed by atoms with Crippen LogP contribution in [0.1, 0.15) is 31.4 Å². The number of carbonyl (C=O) groups is 2. The van der Waals surface area contributed by atoms with Crippen molar-refractivity contribution in [2.45, 2.75) is 44.7 Å². The maximum absolute atomic E-state index is 13.9. The first-order valence-electron chi connectivity index (χ1n) is 12.1. The third-order valence-electron chi connectivity index (χ3n) is 6.03. The van der Waals surface area contributed by atoms with E-state index in [0.717, 1.165) is 4.31 Å². The van der Waals surface area contributed by atoms with Crippen molar-refractivity contribution in [1.29, 1.82) is 0 Å². The minimum absolute atomic E-state index is 0.0567. The van der Waals surface area contributed by atoms with Gasteiger partial charge in [0, 0.05) is 18.1 Å². The molecule has 0 radical (unpaired) electrons. The number of nitrogens with zero attached hydrogens (tertiary/aromatic N) is 2. The maximum Gasteiger partial charge on any atom is 0.264 e. The Morgan fingerprint density at radius 2 is 1.54 bits per heavy atom. The van der Waals surface area contributed by atoms with Gasteiger partial charge >= 0.3 is 0 Å². The predicted octanol–water partition coefficient (Wildman–Crippen LogP) is 4.79. The molecule has 3 aromatic carbocycles. The van der Waals surface area contributed by atoms with Crippen molar-refractivity contribution in [3.8, 4) is 0 Å². The molecule has 9 heteroatoms. The molecule has 2 amide bonds. The fraction of sp³-hybridized carbons (Fsp3) is 0.286. The molecule has 0 saturated heterocycles. The molecule has 37 heavy (non-hydrogen) atoms. The molecule has 0 aliphatic rings. The Kier molecular flexibility index (Phi) is 9.72. The topological polar surface area (TPSA) is 86.8 Å². The molecule has 0 aliphatic carbocycles. The maximum atomic E-state index is 13.9. The Balaban J connectivity index is 2.07. The highest BCUT2D eigenvalue weighted by Gasteiger charge is 2.34. The fourth-order valence-electron chi connectivity index (χ4n) is 4.10. The number of rotatable bonds is 11. The summed E-state index contributed by atoms with van der Waals surface area (Å²) >= 11 is 6.39. The highest BCUT2D eigenvalue weighted by molar-refractivity contribution is 7.92. The van der Waals surface area contributed by atoms with Crippen molar-refractivity contribution >= 4 is 39.1 Å². The van der Waals surface area contributed by atoms with Crippen LogP contribution in [0.25, 0.3) is 0 Å². The van der Waals surface area contributed by atoms with E-state index >= 15 is 0 Å². The number of aryl methyl sites for hydroxylation is 1. The zero-order valence-corrected chi connectivity index (χ0v) is 22.8. The normalized spacial score (nSPS) is 12.0. The van der Waals surface area contributed by atoms with Crippen LogP contribution in [0, 0.1) is 6.92 Å². The monoisotopic (exact) mass is 541 g/mol. The minimum atomic E-state index is -4.09. The summed E-state index contributed by atoms with van der Waals surface area (Å²) in [6.45, 7) is 5.38. The molecule has 3 aromatic rings. The van der Waals surface area contributed by atoms with E-state index in [1.54, 1.807) is 80.6 Å². The van der Waals surface area contributed by atoms with E-state index in [-0.39, 0.29) is 17.3 Å². The molecule has 0 aromatic heterocycles. The van der Waals surface area contributed by atoms with Gasteiger partial charge in [-0.25, -0.2) is 8.42 Å². The van der Waals surface area contributed by atoms with Gasteiger partial charge < -0.3 is 10.2 Å². The largest absolute Gasteiger partial charge is 0.355 e. The number of sulfonamides is 1. The first kappa shape index (κ1) is 28.2. The zero-order valence-electron chi connectivity index (χ0n) is 21.2. The lowest BCUT2D eigenvalue weighted by Gasteiger charge is -2.33. The summed E-state index contributed by atoms with van der Waals surface area (Å²) in [7, 11) is -4.09. The molecule has 0 aliphatic heterocycles. The highest BCUT2D eigenvalue weighted by atomic mass is 35.5. The highest BCUT2D eigenvalue weighted by Crippen LogP contribution is 2.28. The first-order chi connectivity index (χ1) is 17.7. The van der Waals surface area contributed by atoms with Gasteiger partial charge in [-0.3, -0.25) is 13.9 Å². The van der Waals surface area contributed by atoms with Crippen molar-refractivity contribution in [3.63, 3.8) is 0 Å². The van der Waals surface area contributed by atoms with Gasteiger partial charge in [0.05, 0.1) is 10.6 Å². The SMILES string of the molecule is CCNC(=O)C(CC)N(Cc1ccccc1Cl)C(=O)CN(c1ccccc1C)S(=O)(=O)c1ccccc1. The molecule has 1 N–H and O–H groups in total. The number of carbonyl (C=O) groups excluding carboxylic acids is 2. The van der Waals surface area contributed by atoms with Crippen LogP contribution in [0.2, 0.25) is 5.02 Å². The number of halogens is 1. The van der Waals surface area contributed by atoms with Gasteiger partial charge in [-0.2, -0.15) is 0 Å². The number of amides is 2. The molecule has 0 spiro atoms. The first-order valence-corrected chi connectivity index (χ1v) is 14.0. The number of hydrogen-bond donors (Lipinski definition) is 1. The smallest absolute Gasteiger partial charge is 0.264 e. The molecule has 0 fully saturated rings. The molecule has 7 nitrogen and oxygen atoms in total. The predicted molar refractivity (Wildman–Crippen MR) is 147 cm³/mol. The van der Waals surface area contributed by atoms with Crippen LogP contribution in [0.5, 0.6) is 0 Å². The third-order valence-corrected chi connectivity index (χ3v) is 8.17. The lowest BCUT2D eigenvalue weighted by Crippen LogP contribution is -2.52. The van der Waals surface area contributed by atoms with Gasteiger partial charge in [0.25, 0.3) is 10.0 Å². The summed E-state index contributed by atoms with van der Waals surface area (Å²) in [5.74, 6) is -0.820. The lowest BCUT2D eigenvalue weighted by molar-refractivity contribution is -0.140. The van der Waals surface area contributed by atoms with Crippen LogP contribution in [-0.4, -0.2) is 44.3 Å². The zero-order chi connectivity index (χ0) is 27.0. The number of hydrogen-bond acceptors (Lipinski definition) is 4. The second kappa shape index (κ2) is 12.7. The van der Waals surface area contributed by atoms with Gasteiger partial charge in [-0.05, 0) is 55.7 Å². The Labute approximate surface area is 224 Å². The molecule has 3 rings (SSSR count). The third kappa shape index (κ3) is 6.70. The Bertz CT molecular complexity index is 1330. The summed E-state index contributed by atoms with van der Waals surface area (Å²) in [6, 6.07) is 21.3. The Hall–Kier alpha value is -3.36. The number of nitrogens with one attached hydrogen (secondary N) is 1. The summed E-state index contributed by atoms with van der Waals surface area (Å²) in [5, 5.41) is 3.24. The number of para-hydroxylation sites is 1. The van der Waals surface area contributed by atoms with E-state index in [9.17, 15) is 18.0 Å². The molecule has 0 heterocycles. The van der Waals surface area contributed by atoms with Crippen molar-refractivity contribution in [2.24, 2.45) is 0 Å². The number of benzene rings is 3. The average Bonchev–Trinajstić information content (AvgIpc) is 2.89. The summed E-state index contributed by atoms with van der Waals surface area (Å²) < 4.78 is 28.7. The van der Waals surface area contributed by atoms with Crippen LogP contribution in [-0.2, 0) is 26.2 Å². The molecule has 0 saturated carbocycles. The molecular weight excluding hydrogens is 510 g/mol. The van der Waals surface area contributed by atoms with Crippen LogP contribution in [0.15, 0.2) is 83.8 Å². The Morgan fingerprint density at radius 3 is 2.16 bits per heavy atom. The van der Waals surface area contributed by atoms with Crippen molar-refractivity contribution in [1.82, 2.24) is 10.2 Å². The second-order valence-electron chi connectivity index (χ2n) is 8.54. The van der Waals surface area contributed by atoms with Crippen LogP contribution >= 0.6 is 11.6 Å². The van der Waals surface area contributed by atoms with Gasteiger partial charge in [0.1, 0.15) is 12.6 Å². The van der Waals surface area contributed by atoms with Crippen molar-refractivity contribution in [3.05, 3.63) is 95.0 Å². The van der Waals surface area contributed by atoms with Gasteiger partial charge in [-0.15, -0.1) is 0 Å². The molecular formula is C28H32ClN3O4S. The molecule has 1 unspecified atom stereocenters. The second-order valence-corrected chi connectivity index (χ2v) is 10.8. The Morgan fingerprint density at radius 1 is 0.919 bits per heavy atom. The van der Waals surface area contributed by atoms with Crippen molar-refractivity contribution in [2.75, 3.05) is 17.4 Å². The van der Waals surface area contributed by atoms with Crippen LogP contribution < -0.4 is 9.62 Å². The van der Waals surface area contributed by atoms with E-state index < -0.39 is 28.5 Å². The summed E-state index contributed by atoms with van der Waals surface area (Å²) in [5.41, 5.74) is 1.75. The molecule has 0 bridgehead atoms. The van der Waals surface area contributed by atoms with Crippen LogP contribution in [0.4, 0.5) is 5.69 Å². The minimum Gasteiger partial charge on any atom is -0.355 e. The number of likely N-dealkylation sites (N-methyl/N-ethyl adjacent to an activating group) is 1. The van der Waals surface area contributed by atoms with Crippen molar-refractivity contribution < 1.29 is 18.0 Å². The van der Waals surface area contributed by atoms with E-state index in [1.807, 2.05) is 6.92 Å². The summed E-state index contributed by atoms with van der Waals surface area (Å²) in [4.78, 5) is 28.4. The van der Waals surface area contributed by atoms with Gasteiger partial charge in [0.15, 0.2) is 0 Å². The molecule has 196 valence electrons. The van der Waals surface area contributed by atoms with Crippen LogP contribution in [0.3, 0.4) is 0 Å². The average molecular weight is 542 g/mol. The van der Waals surface area contributed by atoms with Gasteiger partial charge in [-0.1, -0.05) is 73.1 Å². The van der Waals surface area contributed by atoms with E-state index in [2.05, 4.69) is 5.32 Å². The summed E-state index contributed by atoms with van der Waals surface area (Å²) in [6.07, 6.45) is 0.345. The van der Waals surface area contributed by atoms with E-state index in [4.69, 9.17) is 11.6 Å². The lowest BCUT2D eigenvalue weighted by atomic mass is 10.1. The number of anilines is 1.